The van der Waals surface area contributed by atoms with Crippen molar-refractivity contribution in [2.45, 2.75) is 43.5 Å². The molecule has 5 nitrogen and oxygen atoms in total. The Morgan fingerprint density at radius 2 is 1.85 bits per heavy atom. The maximum absolute atomic E-state index is 13.3. The summed E-state index contributed by atoms with van der Waals surface area (Å²) >= 11 is 6.21. The quantitative estimate of drug-likeness (QED) is 0.386. The lowest BCUT2D eigenvalue weighted by molar-refractivity contribution is 0.382. The highest BCUT2D eigenvalue weighted by molar-refractivity contribution is 7.98. The summed E-state index contributed by atoms with van der Waals surface area (Å²) < 4.78 is 40.2. The highest BCUT2D eigenvalue weighted by atomic mass is 35.5. The van der Waals surface area contributed by atoms with Crippen molar-refractivity contribution >= 4 is 43.3 Å². The Morgan fingerprint density at radius 1 is 1.26 bits per heavy atom. The van der Waals surface area contributed by atoms with E-state index in [1.807, 2.05) is 19.9 Å². The molecule has 1 rings (SSSR count). The number of rotatable bonds is 8. The minimum Gasteiger partial charge on any atom is -0.256 e. The van der Waals surface area contributed by atoms with Crippen LogP contribution in [0.15, 0.2) is 52.3 Å². The molecule has 1 aromatic carbocycles. The normalized spacial score (nSPS) is 14.5. The van der Waals surface area contributed by atoms with Crippen molar-refractivity contribution in [1.29, 1.82) is 0 Å². The third-order valence-corrected chi connectivity index (χ3v) is 7.22. The fraction of sp³-hybridized carbons (Fsp3) is 0.316. The number of halogens is 1. The van der Waals surface area contributed by atoms with Crippen LogP contribution < -0.4 is 5.14 Å². The molecule has 27 heavy (non-hydrogen) atoms. The van der Waals surface area contributed by atoms with Crippen molar-refractivity contribution in [3.8, 4) is 0 Å². The second-order valence-electron chi connectivity index (χ2n) is 6.61. The van der Waals surface area contributed by atoms with Gasteiger partial charge < -0.3 is 0 Å². The standard InChI is InChI=1S/C19H27ClN2O3S2/c1-7-11-22(15(4)5)27(24,25)18-13-19(26(6,21)23)17(20)12-16(18)10-8-9-14(2)3/h7-10,12-13,15H,1,6,11H2,2-5H3,(H2,21,23). The molecule has 2 N–H and O–H groups in total. The summed E-state index contributed by atoms with van der Waals surface area (Å²) in [7, 11) is -7.12. The summed E-state index contributed by atoms with van der Waals surface area (Å²) in [5.41, 5.74) is 1.43. The molecule has 1 atom stereocenters. The molecule has 0 saturated carbocycles. The van der Waals surface area contributed by atoms with E-state index in [0.29, 0.717) is 5.56 Å². The Morgan fingerprint density at radius 3 is 2.30 bits per heavy atom. The van der Waals surface area contributed by atoms with Gasteiger partial charge >= 0.3 is 0 Å². The van der Waals surface area contributed by atoms with Crippen molar-refractivity contribution in [2.75, 3.05) is 6.54 Å². The summed E-state index contributed by atoms with van der Waals surface area (Å²) in [6, 6.07) is 2.40. The Hall–Kier alpha value is -1.38. The molecular formula is C19H27ClN2O3S2. The Balaban J connectivity index is 3.82. The third kappa shape index (κ3) is 6.05. The van der Waals surface area contributed by atoms with Gasteiger partial charge in [0.05, 0.1) is 24.5 Å². The SMILES string of the molecule is C=CCN(C(C)C)S(=O)(=O)c1cc(S(=C)(N)=O)c(Cl)cc1C=CC=C(C)C. The van der Waals surface area contributed by atoms with E-state index in [1.54, 1.807) is 26.0 Å². The minimum absolute atomic E-state index is 0.00409. The van der Waals surface area contributed by atoms with Gasteiger partial charge in [-0.25, -0.2) is 12.6 Å². The molecule has 0 spiro atoms. The van der Waals surface area contributed by atoms with Gasteiger partial charge in [-0.1, -0.05) is 41.5 Å². The molecule has 0 radical (unpaired) electrons. The first-order chi connectivity index (χ1) is 12.3. The van der Waals surface area contributed by atoms with Crippen molar-refractivity contribution in [3.63, 3.8) is 0 Å². The molecule has 150 valence electrons. The van der Waals surface area contributed by atoms with Gasteiger partial charge in [0.15, 0.2) is 0 Å². The molecule has 1 unspecified atom stereocenters. The highest BCUT2D eigenvalue weighted by Gasteiger charge is 2.29. The first kappa shape index (κ1) is 23.7. The van der Waals surface area contributed by atoms with Crippen LogP contribution in [0.3, 0.4) is 0 Å². The van der Waals surface area contributed by atoms with Crippen molar-refractivity contribution in [1.82, 2.24) is 4.31 Å². The predicted octanol–water partition coefficient (Wildman–Crippen LogP) is 3.85. The van der Waals surface area contributed by atoms with E-state index < -0.39 is 19.7 Å². The van der Waals surface area contributed by atoms with Gasteiger partial charge in [0.2, 0.25) is 10.0 Å². The van der Waals surface area contributed by atoms with E-state index in [0.717, 1.165) is 5.57 Å². The summed E-state index contributed by atoms with van der Waals surface area (Å²) in [6.45, 7) is 11.2. The molecular weight excluding hydrogens is 404 g/mol. The van der Waals surface area contributed by atoms with Gasteiger partial charge in [0.25, 0.3) is 0 Å². The van der Waals surface area contributed by atoms with E-state index in [1.165, 1.54) is 22.5 Å². The molecule has 0 aliphatic heterocycles. The van der Waals surface area contributed by atoms with E-state index in [4.69, 9.17) is 16.7 Å². The molecule has 0 aromatic heterocycles. The van der Waals surface area contributed by atoms with Gasteiger partial charge in [-0.15, -0.1) is 6.58 Å². The molecule has 0 aliphatic rings. The molecule has 1 aromatic rings. The fourth-order valence-corrected chi connectivity index (χ4v) is 5.50. The molecule has 0 bridgehead atoms. The molecule has 0 amide bonds. The molecule has 0 aliphatic carbocycles. The number of sulfonamides is 1. The predicted molar refractivity (Wildman–Crippen MR) is 117 cm³/mol. The monoisotopic (exact) mass is 430 g/mol. The van der Waals surface area contributed by atoms with Crippen LogP contribution in [0.4, 0.5) is 0 Å². The van der Waals surface area contributed by atoms with Crippen LogP contribution in [0.2, 0.25) is 5.02 Å². The first-order valence-corrected chi connectivity index (χ1v) is 11.9. The number of nitrogens with two attached hydrogens (primary N) is 1. The number of benzene rings is 1. The van der Waals surface area contributed by atoms with Crippen LogP contribution in [0.25, 0.3) is 6.08 Å². The van der Waals surface area contributed by atoms with Crippen molar-refractivity contribution in [2.24, 2.45) is 5.14 Å². The van der Waals surface area contributed by atoms with E-state index >= 15 is 0 Å². The molecule has 0 saturated heterocycles. The van der Waals surface area contributed by atoms with E-state index in [2.05, 4.69) is 12.4 Å². The minimum atomic E-state index is -3.92. The Kier molecular flexibility index (Phi) is 8.07. The summed E-state index contributed by atoms with van der Waals surface area (Å²) in [5, 5.41) is 5.74. The summed E-state index contributed by atoms with van der Waals surface area (Å²) in [5.74, 6) is 3.42. The maximum atomic E-state index is 13.3. The van der Waals surface area contributed by atoms with Crippen LogP contribution in [-0.4, -0.2) is 35.4 Å². The fourth-order valence-electron chi connectivity index (χ4n) is 2.35. The maximum Gasteiger partial charge on any atom is 0.244 e. The van der Waals surface area contributed by atoms with E-state index in [-0.39, 0.29) is 27.4 Å². The largest absolute Gasteiger partial charge is 0.256 e. The van der Waals surface area contributed by atoms with Crippen molar-refractivity contribution < 1.29 is 12.6 Å². The van der Waals surface area contributed by atoms with Gasteiger partial charge in [0.1, 0.15) is 0 Å². The Bertz CT molecular complexity index is 972. The number of hydrogen-bond donors (Lipinski definition) is 1. The topological polar surface area (TPSA) is 80.5 Å². The zero-order valence-electron chi connectivity index (χ0n) is 16.1. The highest BCUT2D eigenvalue weighted by Crippen LogP contribution is 2.31. The second kappa shape index (κ2) is 9.21. The van der Waals surface area contributed by atoms with Gasteiger partial charge in [-0.3, -0.25) is 5.14 Å². The van der Waals surface area contributed by atoms with Crippen LogP contribution in [0.1, 0.15) is 33.3 Å². The van der Waals surface area contributed by atoms with Gasteiger partial charge in [-0.05, 0) is 51.3 Å². The first-order valence-electron chi connectivity index (χ1n) is 8.25. The number of nitrogens with zero attached hydrogens (tertiary/aromatic N) is 1. The lowest BCUT2D eigenvalue weighted by Gasteiger charge is -2.26. The summed E-state index contributed by atoms with van der Waals surface area (Å²) in [6.07, 6.45) is 6.73. The van der Waals surface area contributed by atoms with E-state index in [9.17, 15) is 12.6 Å². The lowest BCUT2D eigenvalue weighted by Crippen LogP contribution is -2.37. The Labute approximate surface area is 168 Å². The van der Waals surface area contributed by atoms with Crippen LogP contribution in [0, 0.1) is 0 Å². The van der Waals surface area contributed by atoms with Gasteiger partial charge in [-0.2, -0.15) is 4.31 Å². The summed E-state index contributed by atoms with van der Waals surface area (Å²) in [4.78, 5) is -0.0258. The molecule has 8 heteroatoms. The number of hydrogen-bond acceptors (Lipinski definition) is 3. The molecule has 0 fully saturated rings. The van der Waals surface area contributed by atoms with Gasteiger partial charge in [0, 0.05) is 12.6 Å². The average molecular weight is 431 g/mol. The third-order valence-electron chi connectivity index (χ3n) is 3.61. The molecule has 0 heterocycles. The lowest BCUT2D eigenvalue weighted by atomic mass is 10.2. The van der Waals surface area contributed by atoms with Crippen molar-refractivity contribution in [3.05, 3.63) is 53.1 Å². The smallest absolute Gasteiger partial charge is 0.244 e. The zero-order chi connectivity index (χ0) is 21.0. The zero-order valence-corrected chi connectivity index (χ0v) is 18.5. The van der Waals surface area contributed by atoms with Crippen LogP contribution in [-0.2, 0) is 19.7 Å². The number of allylic oxidation sites excluding steroid dienone is 3. The van der Waals surface area contributed by atoms with Crippen LogP contribution in [0.5, 0.6) is 0 Å². The van der Waals surface area contributed by atoms with Crippen LogP contribution >= 0.6 is 11.6 Å². The second-order valence-corrected chi connectivity index (χ2v) is 10.8. The average Bonchev–Trinajstić information content (AvgIpc) is 2.50.